The van der Waals surface area contributed by atoms with Crippen molar-refractivity contribution in [3.05, 3.63) is 24.0 Å². The van der Waals surface area contributed by atoms with E-state index in [0.717, 1.165) is 31.6 Å². The Morgan fingerprint density at radius 2 is 2.26 bits per heavy atom. The molecule has 3 N–H and O–H groups in total. The van der Waals surface area contributed by atoms with E-state index in [2.05, 4.69) is 9.88 Å². The largest absolute Gasteiger partial charge is 0.394 e. The molecule has 1 aliphatic rings. The fraction of sp³-hybridized carbons (Fsp3) is 0.538. The fourth-order valence-corrected chi connectivity index (χ4v) is 2.25. The van der Waals surface area contributed by atoms with Gasteiger partial charge in [-0.25, -0.2) is 0 Å². The van der Waals surface area contributed by atoms with Crippen molar-refractivity contribution in [3.8, 4) is 0 Å². The number of carbonyl (C=O) groups excluding carboxylic acids is 1. The maximum Gasteiger partial charge on any atom is 0.267 e. The molecule has 19 heavy (non-hydrogen) atoms. The van der Waals surface area contributed by atoms with E-state index in [1.54, 1.807) is 12.3 Å². The van der Waals surface area contributed by atoms with Crippen LogP contribution in [0.1, 0.15) is 23.3 Å². The van der Waals surface area contributed by atoms with Crippen LogP contribution in [0, 0.1) is 0 Å². The molecule has 1 saturated heterocycles. The van der Waals surface area contributed by atoms with E-state index < -0.39 is 5.91 Å². The molecule has 0 unspecified atom stereocenters. The number of anilines is 1. The Balaban J connectivity index is 1.94. The van der Waals surface area contributed by atoms with E-state index in [1.807, 2.05) is 6.07 Å². The Hall–Kier alpha value is -1.66. The van der Waals surface area contributed by atoms with Gasteiger partial charge in [0.2, 0.25) is 0 Å². The molecule has 6 nitrogen and oxygen atoms in total. The predicted molar refractivity (Wildman–Crippen MR) is 71.0 cm³/mol. The summed E-state index contributed by atoms with van der Waals surface area (Å²) in [6, 6.07) is 3.60. The topological polar surface area (TPSA) is 88.7 Å². The van der Waals surface area contributed by atoms with Crippen molar-refractivity contribution in [3.63, 3.8) is 0 Å². The highest BCUT2D eigenvalue weighted by molar-refractivity contribution is 5.91. The third-order valence-corrected chi connectivity index (χ3v) is 3.25. The van der Waals surface area contributed by atoms with Gasteiger partial charge in [0.1, 0.15) is 5.69 Å². The first kappa shape index (κ1) is 13.8. The van der Waals surface area contributed by atoms with Crippen LogP contribution in [-0.4, -0.2) is 48.4 Å². The minimum absolute atomic E-state index is 0.0620. The molecule has 1 aromatic rings. The summed E-state index contributed by atoms with van der Waals surface area (Å²) in [6.07, 6.45) is 3.63. The molecule has 6 heteroatoms. The molecule has 0 spiro atoms. The number of primary amides is 1. The number of hydrogen-bond donors (Lipinski definition) is 2. The Labute approximate surface area is 112 Å². The highest BCUT2D eigenvalue weighted by Crippen LogP contribution is 2.21. The Morgan fingerprint density at radius 3 is 2.89 bits per heavy atom. The maximum atomic E-state index is 11.1. The van der Waals surface area contributed by atoms with Crippen LogP contribution in [0.5, 0.6) is 0 Å². The van der Waals surface area contributed by atoms with Crippen molar-refractivity contribution in [1.82, 2.24) is 4.98 Å². The number of aliphatic hydroxyl groups is 1. The highest BCUT2D eigenvalue weighted by atomic mass is 16.5. The Bertz CT molecular complexity index is 431. The molecule has 0 saturated carbocycles. The number of ether oxygens (including phenoxy) is 1. The molecule has 0 atom stereocenters. The fourth-order valence-electron chi connectivity index (χ4n) is 2.25. The van der Waals surface area contributed by atoms with Crippen molar-refractivity contribution in [2.24, 2.45) is 5.73 Å². The van der Waals surface area contributed by atoms with Gasteiger partial charge in [-0.05, 0) is 25.0 Å². The summed E-state index contributed by atoms with van der Waals surface area (Å²) in [5, 5.41) is 8.72. The maximum absolute atomic E-state index is 11.1. The summed E-state index contributed by atoms with van der Waals surface area (Å²) in [6.45, 7) is 2.18. The van der Waals surface area contributed by atoms with Gasteiger partial charge in [-0.2, -0.15) is 0 Å². The van der Waals surface area contributed by atoms with E-state index in [9.17, 15) is 4.79 Å². The summed E-state index contributed by atoms with van der Waals surface area (Å²) in [5.74, 6) is -0.511. The Kier molecular flexibility index (Phi) is 4.70. The van der Waals surface area contributed by atoms with E-state index in [0.29, 0.717) is 6.61 Å². The van der Waals surface area contributed by atoms with E-state index in [-0.39, 0.29) is 18.4 Å². The minimum atomic E-state index is -0.511. The zero-order valence-corrected chi connectivity index (χ0v) is 10.8. The number of carbonyl (C=O) groups is 1. The van der Waals surface area contributed by atoms with E-state index in [1.165, 1.54) is 0 Å². The van der Waals surface area contributed by atoms with Crippen LogP contribution in [0.15, 0.2) is 18.3 Å². The van der Waals surface area contributed by atoms with Gasteiger partial charge in [0.05, 0.1) is 19.3 Å². The molecular weight excluding hydrogens is 246 g/mol. The standard InChI is InChI=1S/C13H19N3O3/c14-13(18)12-9-10(1-4-15-12)16-5-2-11(3-6-16)19-8-7-17/h1,4,9,11,17H,2-3,5-8H2,(H2,14,18). The molecule has 0 aromatic carbocycles. The lowest BCUT2D eigenvalue weighted by atomic mass is 10.1. The summed E-state index contributed by atoms with van der Waals surface area (Å²) in [4.78, 5) is 17.2. The van der Waals surface area contributed by atoms with Gasteiger partial charge in [-0.3, -0.25) is 9.78 Å². The zero-order valence-electron chi connectivity index (χ0n) is 10.8. The second-order valence-corrected chi connectivity index (χ2v) is 4.54. The average Bonchev–Trinajstić information content (AvgIpc) is 2.46. The van der Waals surface area contributed by atoms with Gasteiger partial charge in [0.15, 0.2) is 0 Å². The second-order valence-electron chi connectivity index (χ2n) is 4.54. The molecule has 1 fully saturated rings. The third-order valence-electron chi connectivity index (χ3n) is 3.25. The first-order valence-electron chi connectivity index (χ1n) is 6.44. The van der Waals surface area contributed by atoms with E-state index >= 15 is 0 Å². The van der Waals surface area contributed by atoms with Crippen molar-refractivity contribution < 1.29 is 14.6 Å². The van der Waals surface area contributed by atoms with Crippen LogP contribution >= 0.6 is 0 Å². The molecule has 0 aliphatic carbocycles. The van der Waals surface area contributed by atoms with Gasteiger partial charge < -0.3 is 20.5 Å². The van der Waals surface area contributed by atoms with Crippen LogP contribution in [0.25, 0.3) is 0 Å². The molecule has 2 heterocycles. The van der Waals surface area contributed by atoms with Gasteiger partial charge in [-0.1, -0.05) is 0 Å². The molecule has 1 amide bonds. The number of amides is 1. The highest BCUT2D eigenvalue weighted by Gasteiger charge is 2.20. The third kappa shape index (κ3) is 3.65. The second kappa shape index (κ2) is 6.49. The predicted octanol–water partition coefficient (Wildman–Crippen LogP) is 0.158. The first-order chi connectivity index (χ1) is 9.20. The monoisotopic (exact) mass is 265 g/mol. The number of nitrogens with two attached hydrogens (primary N) is 1. The van der Waals surface area contributed by atoms with Gasteiger partial charge >= 0.3 is 0 Å². The lowest BCUT2D eigenvalue weighted by Gasteiger charge is -2.33. The van der Waals surface area contributed by atoms with Crippen LogP contribution in [0.4, 0.5) is 5.69 Å². The quantitative estimate of drug-likeness (QED) is 0.791. The normalized spacial score (nSPS) is 16.6. The van der Waals surface area contributed by atoms with Crippen molar-refractivity contribution >= 4 is 11.6 Å². The molecule has 1 aliphatic heterocycles. The van der Waals surface area contributed by atoms with Crippen molar-refractivity contribution in [1.29, 1.82) is 0 Å². The molecular formula is C13H19N3O3. The zero-order chi connectivity index (χ0) is 13.7. The SMILES string of the molecule is NC(=O)c1cc(N2CCC(OCCO)CC2)ccn1. The molecule has 0 radical (unpaired) electrons. The number of rotatable bonds is 5. The summed E-state index contributed by atoms with van der Waals surface area (Å²) < 4.78 is 5.52. The summed E-state index contributed by atoms with van der Waals surface area (Å²) in [7, 11) is 0. The van der Waals surface area contributed by atoms with Crippen molar-refractivity contribution in [2.75, 3.05) is 31.2 Å². The number of piperidine rings is 1. The number of hydrogen-bond acceptors (Lipinski definition) is 5. The first-order valence-corrected chi connectivity index (χ1v) is 6.44. The number of pyridine rings is 1. The van der Waals surface area contributed by atoms with Gasteiger partial charge in [-0.15, -0.1) is 0 Å². The van der Waals surface area contributed by atoms with Crippen LogP contribution < -0.4 is 10.6 Å². The van der Waals surface area contributed by atoms with Crippen LogP contribution in [0.2, 0.25) is 0 Å². The van der Waals surface area contributed by atoms with Gasteiger partial charge in [0, 0.05) is 25.0 Å². The minimum Gasteiger partial charge on any atom is -0.394 e. The summed E-state index contributed by atoms with van der Waals surface area (Å²) >= 11 is 0. The lowest BCUT2D eigenvalue weighted by Crippen LogP contribution is -2.37. The Morgan fingerprint density at radius 1 is 1.53 bits per heavy atom. The van der Waals surface area contributed by atoms with Crippen LogP contribution in [-0.2, 0) is 4.74 Å². The number of aromatic nitrogens is 1. The molecule has 2 rings (SSSR count). The number of aliphatic hydroxyl groups excluding tert-OH is 1. The average molecular weight is 265 g/mol. The smallest absolute Gasteiger partial charge is 0.267 e. The number of nitrogens with zero attached hydrogens (tertiary/aromatic N) is 2. The van der Waals surface area contributed by atoms with E-state index in [4.69, 9.17) is 15.6 Å². The molecule has 0 bridgehead atoms. The lowest BCUT2D eigenvalue weighted by molar-refractivity contribution is 0.0159. The van der Waals surface area contributed by atoms with Gasteiger partial charge in [0.25, 0.3) is 5.91 Å². The molecule has 1 aromatic heterocycles. The van der Waals surface area contributed by atoms with Crippen molar-refractivity contribution in [2.45, 2.75) is 18.9 Å². The summed E-state index contributed by atoms with van der Waals surface area (Å²) in [5.41, 5.74) is 6.48. The van der Waals surface area contributed by atoms with Crippen LogP contribution in [0.3, 0.4) is 0 Å². The molecule has 104 valence electrons.